The van der Waals surface area contributed by atoms with Crippen LogP contribution in [0.1, 0.15) is 21.8 Å². The Balaban J connectivity index is 2.04. The van der Waals surface area contributed by atoms with Crippen LogP contribution in [-0.2, 0) is 4.79 Å². The summed E-state index contributed by atoms with van der Waals surface area (Å²) in [6.45, 7) is 0. The number of carbonyl (C=O) groups is 2. The molecular weight excluding hydrogens is 340 g/mol. The average molecular weight is 353 g/mol. The van der Waals surface area contributed by atoms with Crippen LogP contribution < -0.4 is 0 Å². The number of rotatable bonds is 4. The van der Waals surface area contributed by atoms with Gasteiger partial charge < -0.3 is 4.79 Å². The van der Waals surface area contributed by atoms with Crippen LogP contribution >= 0.6 is 15.9 Å². The van der Waals surface area contributed by atoms with Crippen molar-refractivity contribution >= 4 is 38.8 Å². The number of aldehydes is 1. The molecule has 3 heteroatoms. The van der Waals surface area contributed by atoms with Crippen molar-refractivity contribution in [3.63, 3.8) is 0 Å². The van der Waals surface area contributed by atoms with Crippen LogP contribution in [0, 0.1) is 0 Å². The number of ketones is 1. The second-order valence-electron chi connectivity index (χ2n) is 5.06. The summed E-state index contributed by atoms with van der Waals surface area (Å²) >= 11 is 3.37. The van der Waals surface area contributed by atoms with Gasteiger partial charge in [0, 0.05) is 10.0 Å². The summed E-state index contributed by atoms with van der Waals surface area (Å²) in [6, 6.07) is 20.7. The molecule has 3 aromatic rings. The molecule has 1 unspecified atom stereocenters. The second-order valence-corrected chi connectivity index (χ2v) is 5.92. The van der Waals surface area contributed by atoms with Gasteiger partial charge in [0.1, 0.15) is 12.2 Å². The van der Waals surface area contributed by atoms with Gasteiger partial charge in [-0.15, -0.1) is 0 Å². The van der Waals surface area contributed by atoms with E-state index in [-0.39, 0.29) is 5.78 Å². The normalized spacial score (nSPS) is 12.0. The maximum absolute atomic E-state index is 12.7. The summed E-state index contributed by atoms with van der Waals surface area (Å²) < 4.78 is 0.702. The summed E-state index contributed by atoms with van der Waals surface area (Å²) in [5.74, 6) is -0.985. The van der Waals surface area contributed by atoms with E-state index < -0.39 is 5.92 Å². The van der Waals surface area contributed by atoms with E-state index in [4.69, 9.17) is 0 Å². The van der Waals surface area contributed by atoms with Crippen LogP contribution in [0.2, 0.25) is 0 Å². The fourth-order valence-electron chi connectivity index (χ4n) is 2.52. The molecule has 0 N–H and O–H groups in total. The van der Waals surface area contributed by atoms with Crippen LogP contribution in [-0.4, -0.2) is 12.1 Å². The first-order valence-corrected chi connectivity index (χ1v) is 7.73. The smallest absolute Gasteiger partial charge is 0.178 e. The maximum Gasteiger partial charge on any atom is 0.178 e. The van der Waals surface area contributed by atoms with Gasteiger partial charge in [0.2, 0.25) is 0 Å². The minimum absolute atomic E-state index is 0.197. The Labute approximate surface area is 136 Å². The molecule has 0 spiro atoms. The molecule has 0 aliphatic heterocycles. The lowest BCUT2D eigenvalue weighted by Gasteiger charge is -2.12. The van der Waals surface area contributed by atoms with Gasteiger partial charge in [-0.2, -0.15) is 0 Å². The van der Waals surface area contributed by atoms with E-state index in [1.807, 2.05) is 48.5 Å². The van der Waals surface area contributed by atoms with Crippen molar-refractivity contribution in [1.29, 1.82) is 0 Å². The minimum Gasteiger partial charge on any atom is -0.302 e. The number of hydrogen-bond donors (Lipinski definition) is 0. The lowest BCUT2D eigenvalue weighted by Crippen LogP contribution is -2.14. The SMILES string of the molecule is O=CC(C(=O)c1ccccc1Br)c1ccc2ccccc2c1. The van der Waals surface area contributed by atoms with Gasteiger partial charge in [0.25, 0.3) is 0 Å². The monoisotopic (exact) mass is 352 g/mol. The lowest BCUT2D eigenvalue weighted by molar-refractivity contribution is -0.108. The van der Waals surface area contributed by atoms with Crippen molar-refractivity contribution in [3.05, 3.63) is 82.3 Å². The molecule has 0 heterocycles. The Morgan fingerprint density at radius 1 is 0.909 bits per heavy atom. The van der Waals surface area contributed by atoms with Gasteiger partial charge in [-0.05, 0) is 28.5 Å². The number of Topliss-reactive ketones (excluding diaryl/α,β-unsaturated/α-hetero) is 1. The van der Waals surface area contributed by atoms with Crippen LogP contribution in [0.4, 0.5) is 0 Å². The number of fused-ring (bicyclic) bond motifs is 1. The highest BCUT2D eigenvalue weighted by Gasteiger charge is 2.23. The molecule has 22 heavy (non-hydrogen) atoms. The topological polar surface area (TPSA) is 34.1 Å². The van der Waals surface area contributed by atoms with E-state index in [2.05, 4.69) is 15.9 Å². The first kappa shape index (κ1) is 14.7. The van der Waals surface area contributed by atoms with Crippen LogP contribution in [0.3, 0.4) is 0 Å². The number of carbonyl (C=O) groups excluding carboxylic acids is 2. The van der Waals surface area contributed by atoms with E-state index in [0.717, 1.165) is 16.3 Å². The molecule has 2 nitrogen and oxygen atoms in total. The predicted molar refractivity (Wildman–Crippen MR) is 91.2 cm³/mol. The fourth-order valence-corrected chi connectivity index (χ4v) is 3.00. The van der Waals surface area contributed by atoms with Crippen molar-refractivity contribution in [2.75, 3.05) is 0 Å². The zero-order chi connectivity index (χ0) is 15.5. The van der Waals surface area contributed by atoms with E-state index >= 15 is 0 Å². The molecule has 0 aromatic heterocycles. The molecular formula is C19H13BrO2. The zero-order valence-corrected chi connectivity index (χ0v) is 13.3. The molecule has 0 radical (unpaired) electrons. The van der Waals surface area contributed by atoms with Crippen molar-refractivity contribution in [2.45, 2.75) is 5.92 Å². The Morgan fingerprint density at radius 2 is 1.59 bits per heavy atom. The van der Waals surface area contributed by atoms with E-state index in [1.165, 1.54) is 0 Å². The second kappa shape index (κ2) is 6.24. The molecule has 1 atom stereocenters. The van der Waals surface area contributed by atoms with Crippen molar-refractivity contribution in [3.8, 4) is 0 Å². The van der Waals surface area contributed by atoms with Crippen molar-refractivity contribution < 1.29 is 9.59 Å². The lowest BCUT2D eigenvalue weighted by atomic mass is 9.90. The van der Waals surface area contributed by atoms with Crippen LogP contribution in [0.25, 0.3) is 10.8 Å². The number of halogens is 1. The third kappa shape index (κ3) is 2.72. The van der Waals surface area contributed by atoms with Crippen LogP contribution in [0.15, 0.2) is 71.2 Å². The van der Waals surface area contributed by atoms with Crippen LogP contribution in [0.5, 0.6) is 0 Å². The van der Waals surface area contributed by atoms with Gasteiger partial charge >= 0.3 is 0 Å². The highest BCUT2D eigenvalue weighted by Crippen LogP contribution is 2.26. The van der Waals surface area contributed by atoms with Gasteiger partial charge in [-0.1, -0.05) is 70.5 Å². The minimum atomic E-state index is -0.789. The molecule has 3 aromatic carbocycles. The summed E-state index contributed by atoms with van der Waals surface area (Å²) in [6.07, 6.45) is 0.714. The highest BCUT2D eigenvalue weighted by atomic mass is 79.9. The third-order valence-electron chi connectivity index (χ3n) is 3.69. The molecule has 0 saturated heterocycles. The Bertz CT molecular complexity index is 855. The van der Waals surface area contributed by atoms with E-state index in [1.54, 1.807) is 18.2 Å². The van der Waals surface area contributed by atoms with E-state index in [9.17, 15) is 9.59 Å². The molecule has 0 saturated carbocycles. The Hall–Kier alpha value is -2.26. The maximum atomic E-state index is 12.7. The Morgan fingerprint density at radius 3 is 2.32 bits per heavy atom. The molecule has 0 fully saturated rings. The number of hydrogen-bond acceptors (Lipinski definition) is 2. The quantitative estimate of drug-likeness (QED) is 0.385. The first-order valence-electron chi connectivity index (χ1n) is 6.93. The van der Waals surface area contributed by atoms with Gasteiger partial charge in [0.05, 0.1) is 0 Å². The summed E-state index contributed by atoms with van der Waals surface area (Å²) in [4.78, 5) is 24.2. The molecule has 108 valence electrons. The van der Waals surface area contributed by atoms with Gasteiger partial charge in [0.15, 0.2) is 5.78 Å². The zero-order valence-electron chi connectivity index (χ0n) is 11.7. The number of benzene rings is 3. The Kier molecular flexibility index (Phi) is 4.16. The largest absolute Gasteiger partial charge is 0.302 e. The molecule has 0 aliphatic carbocycles. The standard InChI is InChI=1S/C19H13BrO2/c20-18-8-4-3-7-16(18)19(22)17(12-21)15-10-9-13-5-1-2-6-14(13)11-15/h1-12,17H. The van der Waals surface area contributed by atoms with E-state index in [0.29, 0.717) is 16.3 Å². The molecule has 0 aliphatic rings. The third-order valence-corrected chi connectivity index (χ3v) is 4.38. The fraction of sp³-hybridized carbons (Fsp3) is 0.0526. The first-order chi connectivity index (χ1) is 10.7. The van der Waals surface area contributed by atoms with Crippen molar-refractivity contribution in [2.24, 2.45) is 0 Å². The molecule has 0 amide bonds. The van der Waals surface area contributed by atoms with Gasteiger partial charge in [-0.3, -0.25) is 4.79 Å². The highest BCUT2D eigenvalue weighted by molar-refractivity contribution is 9.10. The molecule has 0 bridgehead atoms. The predicted octanol–water partition coefficient (Wildman–Crippen LogP) is 4.77. The molecule has 3 rings (SSSR count). The summed E-state index contributed by atoms with van der Waals surface area (Å²) in [5, 5.41) is 2.11. The van der Waals surface area contributed by atoms with Crippen molar-refractivity contribution in [1.82, 2.24) is 0 Å². The average Bonchev–Trinajstić information content (AvgIpc) is 2.55. The van der Waals surface area contributed by atoms with Gasteiger partial charge in [-0.25, -0.2) is 0 Å². The summed E-state index contributed by atoms with van der Waals surface area (Å²) in [5.41, 5.74) is 1.24. The summed E-state index contributed by atoms with van der Waals surface area (Å²) in [7, 11) is 0.